The molecule has 0 atom stereocenters. The number of benzene rings is 1. The summed E-state index contributed by atoms with van der Waals surface area (Å²) in [6.45, 7) is 7.01. The summed E-state index contributed by atoms with van der Waals surface area (Å²) in [6, 6.07) is 6.49. The molecule has 106 valence electrons. The third-order valence-electron chi connectivity index (χ3n) is 3.25. The lowest BCUT2D eigenvalue weighted by atomic mass is 10.1. The molecule has 0 saturated heterocycles. The SMILES string of the molecule is CCNc1nc(Cc2ccc(F)cc2)nc(CC)c1C. The van der Waals surface area contributed by atoms with Crippen molar-refractivity contribution in [1.29, 1.82) is 0 Å². The standard InChI is InChI=1S/C16H20FN3/c1-4-14-11(3)16(18-5-2)20-15(19-14)10-12-6-8-13(17)9-7-12/h6-9H,4-5,10H2,1-3H3,(H,18,19,20). The van der Waals surface area contributed by atoms with E-state index in [4.69, 9.17) is 0 Å². The van der Waals surface area contributed by atoms with Crippen molar-refractivity contribution >= 4 is 5.82 Å². The van der Waals surface area contributed by atoms with Crippen LogP contribution >= 0.6 is 0 Å². The van der Waals surface area contributed by atoms with Gasteiger partial charge in [-0.25, -0.2) is 14.4 Å². The normalized spacial score (nSPS) is 10.6. The van der Waals surface area contributed by atoms with Crippen LogP contribution in [0.4, 0.5) is 10.2 Å². The van der Waals surface area contributed by atoms with Crippen LogP contribution in [0, 0.1) is 12.7 Å². The maximum absolute atomic E-state index is 12.9. The van der Waals surface area contributed by atoms with E-state index in [2.05, 4.69) is 22.2 Å². The molecule has 3 nitrogen and oxygen atoms in total. The minimum atomic E-state index is -0.221. The Hall–Kier alpha value is -1.97. The monoisotopic (exact) mass is 273 g/mol. The van der Waals surface area contributed by atoms with Crippen LogP contribution in [0.25, 0.3) is 0 Å². The zero-order chi connectivity index (χ0) is 14.5. The number of rotatable bonds is 5. The Bertz CT molecular complexity index is 579. The van der Waals surface area contributed by atoms with E-state index in [9.17, 15) is 4.39 Å². The molecule has 1 N–H and O–H groups in total. The largest absolute Gasteiger partial charge is 0.370 e. The Morgan fingerprint density at radius 2 is 1.80 bits per heavy atom. The molecule has 0 saturated carbocycles. The third-order valence-corrected chi connectivity index (χ3v) is 3.25. The second kappa shape index (κ2) is 6.46. The molecule has 20 heavy (non-hydrogen) atoms. The predicted molar refractivity (Wildman–Crippen MR) is 79.5 cm³/mol. The van der Waals surface area contributed by atoms with Gasteiger partial charge in [0.05, 0.1) is 0 Å². The molecule has 0 aliphatic rings. The van der Waals surface area contributed by atoms with Crippen molar-refractivity contribution in [3.8, 4) is 0 Å². The third kappa shape index (κ3) is 3.32. The van der Waals surface area contributed by atoms with Crippen LogP contribution in [0.15, 0.2) is 24.3 Å². The first-order valence-electron chi connectivity index (χ1n) is 6.98. The fourth-order valence-corrected chi connectivity index (χ4v) is 2.16. The Morgan fingerprint density at radius 3 is 2.40 bits per heavy atom. The predicted octanol–water partition coefficient (Wildman–Crippen LogP) is 3.51. The van der Waals surface area contributed by atoms with Gasteiger partial charge in [-0.15, -0.1) is 0 Å². The van der Waals surface area contributed by atoms with Crippen LogP contribution in [0.5, 0.6) is 0 Å². The molecular weight excluding hydrogens is 253 g/mol. The van der Waals surface area contributed by atoms with E-state index in [1.54, 1.807) is 12.1 Å². The minimum absolute atomic E-state index is 0.221. The van der Waals surface area contributed by atoms with E-state index < -0.39 is 0 Å². The maximum Gasteiger partial charge on any atom is 0.135 e. The van der Waals surface area contributed by atoms with Crippen molar-refractivity contribution in [3.05, 3.63) is 52.7 Å². The molecule has 0 aliphatic carbocycles. The molecular formula is C16H20FN3. The van der Waals surface area contributed by atoms with Gasteiger partial charge in [-0.05, 0) is 38.0 Å². The highest BCUT2D eigenvalue weighted by Gasteiger charge is 2.09. The molecule has 1 aromatic heterocycles. The number of aryl methyl sites for hydroxylation is 1. The number of nitrogens with one attached hydrogen (secondary N) is 1. The van der Waals surface area contributed by atoms with Crippen LogP contribution in [0.3, 0.4) is 0 Å². The van der Waals surface area contributed by atoms with Crippen LogP contribution < -0.4 is 5.32 Å². The number of aromatic nitrogens is 2. The van der Waals surface area contributed by atoms with E-state index in [1.807, 2.05) is 13.8 Å². The van der Waals surface area contributed by atoms with Gasteiger partial charge < -0.3 is 5.32 Å². The Balaban J connectivity index is 2.31. The molecule has 4 heteroatoms. The maximum atomic E-state index is 12.9. The van der Waals surface area contributed by atoms with E-state index >= 15 is 0 Å². The molecule has 1 aromatic carbocycles. The summed E-state index contributed by atoms with van der Waals surface area (Å²) >= 11 is 0. The second-order valence-corrected chi connectivity index (χ2v) is 4.75. The van der Waals surface area contributed by atoms with Crippen molar-refractivity contribution in [2.45, 2.75) is 33.6 Å². The van der Waals surface area contributed by atoms with Crippen molar-refractivity contribution < 1.29 is 4.39 Å². The first-order chi connectivity index (χ1) is 9.63. The van der Waals surface area contributed by atoms with Gasteiger partial charge in [-0.2, -0.15) is 0 Å². The smallest absolute Gasteiger partial charge is 0.135 e. The van der Waals surface area contributed by atoms with Crippen molar-refractivity contribution in [2.75, 3.05) is 11.9 Å². The fraction of sp³-hybridized carbons (Fsp3) is 0.375. The quantitative estimate of drug-likeness (QED) is 0.906. The van der Waals surface area contributed by atoms with Crippen LogP contribution in [-0.2, 0) is 12.8 Å². The molecule has 0 radical (unpaired) electrons. The Morgan fingerprint density at radius 1 is 1.10 bits per heavy atom. The van der Waals surface area contributed by atoms with Crippen molar-refractivity contribution in [3.63, 3.8) is 0 Å². The summed E-state index contributed by atoms with van der Waals surface area (Å²) < 4.78 is 12.9. The zero-order valence-electron chi connectivity index (χ0n) is 12.2. The summed E-state index contributed by atoms with van der Waals surface area (Å²) in [5, 5.41) is 3.27. The highest BCUT2D eigenvalue weighted by Crippen LogP contribution is 2.17. The molecule has 0 fully saturated rings. The lowest BCUT2D eigenvalue weighted by molar-refractivity contribution is 0.627. The van der Waals surface area contributed by atoms with Gasteiger partial charge in [-0.1, -0.05) is 19.1 Å². The van der Waals surface area contributed by atoms with Crippen LogP contribution in [-0.4, -0.2) is 16.5 Å². The van der Waals surface area contributed by atoms with Gasteiger partial charge in [0.25, 0.3) is 0 Å². The number of nitrogens with zero attached hydrogens (tertiary/aromatic N) is 2. The highest BCUT2D eigenvalue weighted by molar-refractivity contribution is 5.46. The Labute approximate surface area is 119 Å². The van der Waals surface area contributed by atoms with Crippen LogP contribution in [0.1, 0.15) is 36.5 Å². The summed E-state index contributed by atoms with van der Waals surface area (Å²) in [4.78, 5) is 9.18. The summed E-state index contributed by atoms with van der Waals surface area (Å²) in [7, 11) is 0. The van der Waals surface area contributed by atoms with Crippen molar-refractivity contribution in [2.24, 2.45) is 0 Å². The topological polar surface area (TPSA) is 37.8 Å². The molecule has 1 heterocycles. The van der Waals surface area contributed by atoms with E-state index in [0.29, 0.717) is 6.42 Å². The Kier molecular flexibility index (Phi) is 4.66. The van der Waals surface area contributed by atoms with E-state index in [1.165, 1.54) is 12.1 Å². The lowest BCUT2D eigenvalue weighted by Crippen LogP contribution is -2.09. The average molecular weight is 273 g/mol. The minimum Gasteiger partial charge on any atom is -0.370 e. The molecule has 0 unspecified atom stereocenters. The molecule has 0 aliphatic heterocycles. The molecule has 0 spiro atoms. The first-order valence-corrected chi connectivity index (χ1v) is 6.98. The number of hydrogen-bond donors (Lipinski definition) is 1. The van der Waals surface area contributed by atoms with Gasteiger partial charge in [0.1, 0.15) is 17.5 Å². The molecule has 0 amide bonds. The van der Waals surface area contributed by atoms with E-state index in [0.717, 1.165) is 41.4 Å². The second-order valence-electron chi connectivity index (χ2n) is 4.75. The first kappa shape index (κ1) is 14.4. The number of halogens is 1. The zero-order valence-corrected chi connectivity index (χ0v) is 12.2. The van der Waals surface area contributed by atoms with Gasteiger partial charge in [0.2, 0.25) is 0 Å². The summed E-state index contributed by atoms with van der Waals surface area (Å²) in [5.41, 5.74) is 3.19. The molecule has 0 bridgehead atoms. The van der Waals surface area contributed by atoms with Gasteiger partial charge in [0, 0.05) is 24.2 Å². The molecule has 2 rings (SSSR count). The lowest BCUT2D eigenvalue weighted by Gasteiger charge is -2.12. The highest BCUT2D eigenvalue weighted by atomic mass is 19.1. The average Bonchev–Trinajstić information content (AvgIpc) is 2.45. The summed E-state index contributed by atoms with van der Waals surface area (Å²) in [6.07, 6.45) is 1.50. The summed E-state index contributed by atoms with van der Waals surface area (Å²) in [5.74, 6) is 1.45. The fourth-order valence-electron chi connectivity index (χ4n) is 2.16. The number of hydrogen-bond acceptors (Lipinski definition) is 3. The van der Waals surface area contributed by atoms with Gasteiger partial charge in [0.15, 0.2) is 0 Å². The van der Waals surface area contributed by atoms with Gasteiger partial charge in [-0.3, -0.25) is 0 Å². The molecule has 2 aromatic rings. The van der Waals surface area contributed by atoms with Gasteiger partial charge >= 0.3 is 0 Å². The van der Waals surface area contributed by atoms with Crippen molar-refractivity contribution in [1.82, 2.24) is 9.97 Å². The van der Waals surface area contributed by atoms with Crippen LogP contribution in [0.2, 0.25) is 0 Å². The van der Waals surface area contributed by atoms with E-state index in [-0.39, 0.29) is 5.82 Å². The number of anilines is 1.